The molecular formula is C29H30N2O. The Bertz CT molecular complexity index is 1420. The van der Waals surface area contributed by atoms with E-state index >= 15 is 0 Å². The average Bonchev–Trinajstić information content (AvgIpc) is 3.18. The summed E-state index contributed by atoms with van der Waals surface area (Å²) in [4.78, 5) is 8.63. The fraction of sp³-hybridized carbons (Fsp3) is 0.276. The van der Waals surface area contributed by atoms with Crippen LogP contribution in [-0.4, -0.2) is 15.1 Å². The van der Waals surface area contributed by atoms with Crippen LogP contribution in [0.25, 0.3) is 44.0 Å². The Morgan fingerprint density at radius 2 is 1.28 bits per heavy atom. The monoisotopic (exact) mass is 422 g/mol. The normalized spacial score (nSPS) is 12.8. The van der Waals surface area contributed by atoms with Gasteiger partial charge in [-0.25, -0.2) is 4.98 Å². The zero-order valence-corrected chi connectivity index (χ0v) is 19.7. The number of aromatic hydroxyl groups is 1. The van der Waals surface area contributed by atoms with Crippen LogP contribution in [0.3, 0.4) is 0 Å². The summed E-state index contributed by atoms with van der Waals surface area (Å²) in [5.41, 5.74) is 4.59. The molecule has 2 N–H and O–H groups in total. The Labute approximate surface area is 189 Å². The fourth-order valence-corrected chi connectivity index (χ4v) is 4.57. The van der Waals surface area contributed by atoms with Gasteiger partial charge in [0.15, 0.2) is 0 Å². The molecule has 1 aromatic heterocycles. The van der Waals surface area contributed by atoms with Gasteiger partial charge in [-0.1, -0.05) is 96.1 Å². The summed E-state index contributed by atoms with van der Waals surface area (Å²) in [6, 6.07) is 21.1. The van der Waals surface area contributed by atoms with E-state index in [1.54, 1.807) is 0 Å². The SMILES string of the molecule is CC(C)(C)c1cc(-c2nc3c4ccccc4c4ccccc4c3[nH]2)c(O)c(C(C)(C)C)c1. The summed E-state index contributed by atoms with van der Waals surface area (Å²) < 4.78 is 0. The van der Waals surface area contributed by atoms with Gasteiger partial charge in [0.1, 0.15) is 11.6 Å². The van der Waals surface area contributed by atoms with Crippen molar-refractivity contribution in [3.8, 4) is 17.1 Å². The molecule has 0 radical (unpaired) electrons. The van der Waals surface area contributed by atoms with Crippen molar-refractivity contribution < 1.29 is 5.11 Å². The van der Waals surface area contributed by atoms with Crippen LogP contribution in [0, 0.1) is 0 Å². The lowest BCUT2D eigenvalue weighted by molar-refractivity contribution is 0.446. The van der Waals surface area contributed by atoms with Crippen LogP contribution < -0.4 is 0 Å². The van der Waals surface area contributed by atoms with E-state index in [-0.39, 0.29) is 10.8 Å². The zero-order valence-electron chi connectivity index (χ0n) is 19.7. The van der Waals surface area contributed by atoms with Crippen molar-refractivity contribution in [3.63, 3.8) is 0 Å². The minimum absolute atomic E-state index is 0.0478. The number of benzene rings is 4. The highest BCUT2D eigenvalue weighted by molar-refractivity contribution is 6.23. The molecule has 0 aliphatic carbocycles. The van der Waals surface area contributed by atoms with Crippen molar-refractivity contribution in [1.29, 1.82) is 0 Å². The number of H-pyrrole nitrogens is 1. The molecule has 0 aliphatic rings. The maximum absolute atomic E-state index is 11.4. The van der Waals surface area contributed by atoms with Crippen molar-refractivity contribution >= 4 is 32.6 Å². The van der Waals surface area contributed by atoms with Gasteiger partial charge < -0.3 is 10.1 Å². The van der Waals surface area contributed by atoms with E-state index in [0.717, 1.165) is 32.9 Å². The molecule has 0 spiro atoms. The molecule has 0 atom stereocenters. The number of rotatable bonds is 1. The second kappa shape index (κ2) is 6.83. The molecule has 5 aromatic rings. The predicted molar refractivity (Wildman–Crippen MR) is 136 cm³/mol. The number of nitrogens with one attached hydrogen (secondary N) is 1. The molecule has 1 heterocycles. The smallest absolute Gasteiger partial charge is 0.142 e. The predicted octanol–water partition coefficient (Wildman–Crippen LogP) is 7.84. The summed E-state index contributed by atoms with van der Waals surface area (Å²) in [5.74, 6) is 1.01. The fourth-order valence-electron chi connectivity index (χ4n) is 4.57. The van der Waals surface area contributed by atoms with E-state index < -0.39 is 0 Å². The van der Waals surface area contributed by atoms with Gasteiger partial charge in [-0.05, 0) is 33.2 Å². The van der Waals surface area contributed by atoms with Crippen LogP contribution in [0.4, 0.5) is 0 Å². The summed E-state index contributed by atoms with van der Waals surface area (Å²) >= 11 is 0. The molecule has 0 unspecified atom stereocenters. The van der Waals surface area contributed by atoms with E-state index in [2.05, 4.69) is 107 Å². The van der Waals surface area contributed by atoms with E-state index in [1.165, 1.54) is 16.3 Å². The highest BCUT2D eigenvalue weighted by atomic mass is 16.3. The van der Waals surface area contributed by atoms with Gasteiger partial charge in [0.2, 0.25) is 0 Å². The largest absolute Gasteiger partial charge is 0.507 e. The second-order valence-electron chi connectivity index (χ2n) is 10.8. The van der Waals surface area contributed by atoms with Crippen LogP contribution in [0.15, 0.2) is 60.7 Å². The maximum Gasteiger partial charge on any atom is 0.142 e. The minimum Gasteiger partial charge on any atom is -0.507 e. The summed E-state index contributed by atoms with van der Waals surface area (Å²) in [7, 11) is 0. The molecule has 0 aliphatic heterocycles. The van der Waals surface area contributed by atoms with Gasteiger partial charge in [-0.2, -0.15) is 0 Å². The number of hydrogen-bond donors (Lipinski definition) is 2. The Morgan fingerprint density at radius 1 is 0.719 bits per heavy atom. The van der Waals surface area contributed by atoms with E-state index in [9.17, 15) is 5.11 Å². The van der Waals surface area contributed by atoms with Crippen LogP contribution in [0.2, 0.25) is 0 Å². The standard InChI is InChI=1S/C29H30N2O/c1-28(2,3)17-15-22(26(32)23(16-17)29(4,5)6)27-30-24-20-13-9-7-11-18(20)19-12-8-10-14-21(19)25(24)31-27/h7-16,32H,1-6H3,(H,30,31). The van der Waals surface area contributed by atoms with Crippen molar-refractivity contribution in [1.82, 2.24) is 9.97 Å². The average molecular weight is 423 g/mol. The first kappa shape index (κ1) is 20.6. The molecule has 0 saturated carbocycles. The van der Waals surface area contributed by atoms with Gasteiger partial charge in [0.25, 0.3) is 0 Å². The lowest BCUT2D eigenvalue weighted by Gasteiger charge is -2.27. The first-order valence-electron chi connectivity index (χ1n) is 11.2. The Hall–Kier alpha value is -3.33. The molecule has 0 fully saturated rings. The van der Waals surface area contributed by atoms with Gasteiger partial charge in [-0.15, -0.1) is 0 Å². The number of phenolic OH excluding ortho intramolecular Hbond substituents is 1. The number of imidazole rings is 1. The molecule has 3 nitrogen and oxygen atoms in total. The number of hydrogen-bond acceptors (Lipinski definition) is 2. The third kappa shape index (κ3) is 3.15. The third-order valence-electron chi connectivity index (χ3n) is 6.41. The molecule has 162 valence electrons. The summed E-state index contributed by atoms with van der Waals surface area (Å²) in [5, 5.41) is 16.0. The van der Waals surface area contributed by atoms with Crippen LogP contribution >= 0.6 is 0 Å². The van der Waals surface area contributed by atoms with Gasteiger partial charge in [-0.3, -0.25) is 0 Å². The van der Waals surface area contributed by atoms with Gasteiger partial charge >= 0.3 is 0 Å². The number of fused-ring (bicyclic) bond motifs is 6. The Balaban J connectivity index is 1.89. The number of aromatic amines is 1. The molecule has 3 heteroatoms. The Morgan fingerprint density at radius 3 is 1.88 bits per heavy atom. The first-order valence-corrected chi connectivity index (χ1v) is 11.2. The molecule has 0 bridgehead atoms. The second-order valence-corrected chi connectivity index (χ2v) is 10.8. The van der Waals surface area contributed by atoms with Crippen molar-refractivity contribution in [2.24, 2.45) is 0 Å². The van der Waals surface area contributed by atoms with E-state index in [4.69, 9.17) is 4.98 Å². The molecule has 0 amide bonds. The van der Waals surface area contributed by atoms with E-state index in [1.807, 2.05) is 0 Å². The molecule has 32 heavy (non-hydrogen) atoms. The van der Waals surface area contributed by atoms with Crippen LogP contribution in [-0.2, 0) is 10.8 Å². The number of aromatic nitrogens is 2. The highest BCUT2D eigenvalue weighted by Crippen LogP contribution is 2.43. The summed E-state index contributed by atoms with van der Waals surface area (Å²) in [6.07, 6.45) is 0. The first-order chi connectivity index (χ1) is 15.1. The molecule has 4 aromatic carbocycles. The molecule has 5 rings (SSSR count). The number of nitrogens with zero attached hydrogens (tertiary/aromatic N) is 1. The van der Waals surface area contributed by atoms with Crippen LogP contribution in [0.1, 0.15) is 52.7 Å². The lowest BCUT2D eigenvalue weighted by Crippen LogP contribution is -2.17. The minimum atomic E-state index is -0.189. The Kier molecular flexibility index (Phi) is 4.39. The molecular weight excluding hydrogens is 392 g/mol. The van der Waals surface area contributed by atoms with Crippen molar-refractivity contribution in [2.45, 2.75) is 52.4 Å². The van der Waals surface area contributed by atoms with Crippen molar-refractivity contribution in [2.75, 3.05) is 0 Å². The van der Waals surface area contributed by atoms with Gasteiger partial charge in [0.05, 0.1) is 16.6 Å². The molecule has 0 saturated heterocycles. The third-order valence-corrected chi connectivity index (χ3v) is 6.41. The highest BCUT2D eigenvalue weighted by Gasteiger charge is 2.26. The quantitative estimate of drug-likeness (QED) is 0.270. The maximum atomic E-state index is 11.4. The van der Waals surface area contributed by atoms with Crippen molar-refractivity contribution in [3.05, 3.63) is 71.8 Å². The number of phenols is 1. The van der Waals surface area contributed by atoms with E-state index in [0.29, 0.717) is 11.6 Å². The zero-order chi connectivity index (χ0) is 22.8. The lowest BCUT2D eigenvalue weighted by atomic mass is 9.79. The van der Waals surface area contributed by atoms with Gasteiger partial charge in [0, 0.05) is 16.3 Å². The van der Waals surface area contributed by atoms with Crippen LogP contribution in [0.5, 0.6) is 5.75 Å². The summed E-state index contributed by atoms with van der Waals surface area (Å²) in [6.45, 7) is 13.0. The topological polar surface area (TPSA) is 48.9 Å².